The summed E-state index contributed by atoms with van der Waals surface area (Å²) in [5, 5.41) is 0. The second kappa shape index (κ2) is 61.4. The van der Waals surface area contributed by atoms with Crippen LogP contribution in [-0.2, 0) is 28.6 Å². The van der Waals surface area contributed by atoms with Gasteiger partial charge in [0.05, 0.1) is 0 Å². The second-order valence-corrected chi connectivity index (χ2v) is 19.8. The molecule has 0 rings (SSSR count). The largest absolute Gasteiger partial charge is 0.462 e. The SMILES string of the molecule is CC/C=C\C/C=C\C/C=C\C/C=C\C/C=C\CCCCCCCCCCCCCCCC(=O)OCC(COC(=O)CCCCCCC/C=C\CCC)OC(=O)CCCCCC/C=C\C/C=C\C/C=C\C/C=C\CC. The molecule has 1 unspecified atom stereocenters. The lowest BCUT2D eigenvalue weighted by Gasteiger charge is -2.18. The Balaban J connectivity index is 4.24. The molecule has 0 saturated carbocycles. The fourth-order valence-electron chi connectivity index (χ4n) is 8.17. The molecule has 0 saturated heterocycles. The maximum Gasteiger partial charge on any atom is 0.306 e. The van der Waals surface area contributed by atoms with Crippen LogP contribution in [0.1, 0.15) is 271 Å². The zero-order valence-corrected chi connectivity index (χ0v) is 48.1. The highest BCUT2D eigenvalue weighted by molar-refractivity contribution is 5.71. The van der Waals surface area contributed by atoms with E-state index in [0.717, 1.165) is 148 Å². The number of carbonyl (C=O) groups excluding carboxylic acids is 3. The van der Waals surface area contributed by atoms with Crippen molar-refractivity contribution in [1.29, 1.82) is 0 Å². The monoisotopic (exact) mass is 1020 g/mol. The Hall–Kier alpha value is -4.19. The molecule has 0 aromatic carbocycles. The van der Waals surface area contributed by atoms with Crippen molar-refractivity contribution >= 4 is 17.9 Å². The van der Waals surface area contributed by atoms with Gasteiger partial charge in [-0.05, 0) is 122 Å². The third-order valence-electron chi connectivity index (χ3n) is 12.7. The molecule has 0 radical (unpaired) electrons. The van der Waals surface area contributed by atoms with E-state index in [4.69, 9.17) is 14.2 Å². The summed E-state index contributed by atoms with van der Waals surface area (Å²) >= 11 is 0. The first kappa shape index (κ1) is 69.8. The van der Waals surface area contributed by atoms with Crippen molar-refractivity contribution in [2.24, 2.45) is 0 Å². The normalized spacial score (nSPS) is 13.0. The fraction of sp³-hybridized carbons (Fsp3) is 0.662. The molecular formula is C68H112O6. The predicted molar refractivity (Wildman–Crippen MR) is 320 cm³/mol. The fourth-order valence-corrected chi connectivity index (χ4v) is 8.17. The summed E-state index contributed by atoms with van der Waals surface area (Å²) in [6.45, 7) is 6.33. The number of rotatable bonds is 54. The number of allylic oxidation sites excluding steroid dienone is 20. The molecule has 0 spiro atoms. The van der Waals surface area contributed by atoms with Gasteiger partial charge in [0.1, 0.15) is 13.2 Å². The van der Waals surface area contributed by atoms with Gasteiger partial charge >= 0.3 is 17.9 Å². The first-order chi connectivity index (χ1) is 36.5. The van der Waals surface area contributed by atoms with Crippen molar-refractivity contribution in [3.63, 3.8) is 0 Å². The summed E-state index contributed by atoms with van der Waals surface area (Å²) in [4.78, 5) is 38.1. The van der Waals surface area contributed by atoms with E-state index in [1.54, 1.807) is 0 Å². The molecule has 0 bridgehead atoms. The minimum atomic E-state index is -0.797. The first-order valence-electron chi connectivity index (χ1n) is 30.5. The average Bonchev–Trinajstić information content (AvgIpc) is 3.40. The predicted octanol–water partition coefficient (Wildman–Crippen LogP) is 20.8. The van der Waals surface area contributed by atoms with E-state index in [1.807, 2.05) is 0 Å². The van der Waals surface area contributed by atoms with Crippen LogP contribution >= 0.6 is 0 Å². The van der Waals surface area contributed by atoms with Crippen molar-refractivity contribution in [3.8, 4) is 0 Å². The minimum absolute atomic E-state index is 0.0927. The van der Waals surface area contributed by atoms with E-state index in [0.29, 0.717) is 19.3 Å². The van der Waals surface area contributed by atoms with Gasteiger partial charge in [-0.3, -0.25) is 14.4 Å². The van der Waals surface area contributed by atoms with E-state index in [2.05, 4.69) is 142 Å². The van der Waals surface area contributed by atoms with Gasteiger partial charge in [0.2, 0.25) is 0 Å². The third kappa shape index (κ3) is 58.7. The highest BCUT2D eigenvalue weighted by Crippen LogP contribution is 2.15. The Morgan fingerprint density at radius 1 is 0.284 bits per heavy atom. The van der Waals surface area contributed by atoms with Gasteiger partial charge in [-0.1, -0.05) is 251 Å². The number of ether oxygens (including phenoxy) is 3. The van der Waals surface area contributed by atoms with Crippen LogP contribution in [0.5, 0.6) is 0 Å². The Bertz CT molecular complexity index is 1550. The van der Waals surface area contributed by atoms with Crippen LogP contribution in [0.15, 0.2) is 122 Å². The summed E-state index contributed by atoms with van der Waals surface area (Å²) in [6, 6.07) is 0. The summed E-state index contributed by atoms with van der Waals surface area (Å²) in [5.74, 6) is -0.928. The Labute approximate surface area is 456 Å². The van der Waals surface area contributed by atoms with Crippen LogP contribution < -0.4 is 0 Å². The smallest absolute Gasteiger partial charge is 0.306 e. The third-order valence-corrected chi connectivity index (χ3v) is 12.7. The molecular weight excluding hydrogens is 913 g/mol. The van der Waals surface area contributed by atoms with E-state index < -0.39 is 6.10 Å². The van der Waals surface area contributed by atoms with Gasteiger partial charge in [-0.15, -0.1) is 0 Å². The number of unbranched alkanes of at least 4 members (excludes halogenated alkanes) is 23. The summed E-state index contributed by atoms with van der Waals surface area (Å²) in [6.07, 6.45) is 85.0. The van der Waals surface area contributed by atoms with E-state index >= 15 is 0 Å². The van der Waals surface area contributed by atoms with Crippen LogP contribution in [-0.4, -0.2) is 37.2 Å². The highest BCUT2D eigenvalue weighted by atomic mass is 16.6. The zero-order chi connectivity index (χ0) is 53.6. The van der Waals surface area contributed by atoms with Crippen LogP contribution in [0, 0.1) is 0 Å². The Morgan fingerprint density at radius 3 is 0.838 bits per heavy atom. The van der Waals surface area contributed by atoms with Gasteiger partial charge in [0.15, 0.2) is 6.10 Å². The van der Waals surface area contributed by atoms with Crippen molar-refractivity contribution in [1.82, 2.24) is 0 Å². The average molecular weight is 1030 g/mol. The molecule has 0 aliphatic rings. The van der Waals surface area contributed by atoms with Crippen molar-refractivity contribution in [2.75, 3.05) is 13.2 Å². The maximum absolute atomic E-state index is 12.8. The summed E-state index contributed by atoms with van der Waals surface area (Å²) < 4.78 is 16.8. The first-order valence-corrected chi connectivity index (χ1v) is 30.5. The van der Waals surface area contributed by atoms with Crippen LogP contribution in [0.2, 0.25) is 0 Å². The Morgan fingerprint density at radius 2 is 0.527 bits per heavy atom. The van der Waals surface area contributed by atoms with Crippen LogP contribution in [0.4, 0.5) is 0 Å². The van der Waals surface area contributed by atoms with E-state index in [1.165, 1.54) is 83.5 Å². The van der Waals surface area contributed by atoms with E-state index in [9.17, 15) is 14.4 Å². The number of hydrogen-bond donors (Lipinski definition) is 0. The molecule has 6 nitrogen and oxygen atoms in total. The molecule has 0 amide bonds. The molecule has 6 heteroatoms. The quantitative estimate of drug-likeness (QED) is 0.0261. The van der Waals surface area contributed by atoms with Crippen LogP contribution in [0.25, 0.3) is 0 Å². The number of esters is 3. The molecule has 0 fully saturated rings. The topological polar surface area (TPSA) is 78.9 Å². The van der Waals surface area contributed by atoms with Crippen molar-refractivity contribution < 1.29 is 28.6 Å². The minimum Gasteiger partial charge on any atom is -0.462 e. The molecule has 0 aromatic rings. The lowest BCUT2D eigenvalue weighted by atomic mass is 10.0. The van der Waals surface area contributed by atoms with Crippen molar-refractivity contribution in [3.05, 3.63) is 122 Å². The Kier molecular flexibility index (Phi) is 57.9. The maximum atomic E-state index is 12.8. The highest BCUT2D eigenvalue weighted by Gasteiger charge is 2.19. The molecule has 0 heterocycles. The lowest BCUT2D eigenvalue weighted by Crippen LogP contribution is -2.30. The van der Waals surface area contributed by atoms with Gasteiger partial charge in [-0.2, -0.15) is 0 Å². The van der Waals surface area contributed by atoms with Gasteiger partial charge < -0.3 is 14.2 Å². The van der Waals surface area contributed by atoms with Crippen molar-refractivity contribution in [2.45, 2.75) is 277 Å². The number of carbonyl (C=O) groups is 3. The van der Waals surface area contributed by atoms with Gasteiger partial charge in [0, 0.05) is 19.3 Å². The number of hydrogen-bond acceptors (Lipinski definition) is 6. The lowest BCUT2D eigenvalue weighted by molar-refractivity contribution is -0.167. The van der Waals surface area contributed by atoms with Gasteiger partial charge in [-0.25, -0.2) is 0 Å². The molecule has 0 aliphatic heterocycles. The zero-order valence-electron chi connectivity index (χ0n) is 48.1. The molecule has 1 atom stereocenters. The van der Waals surface area contributed by atoms with E-state index in [-0.39, 0.29) is 31.1 Å². The molecule has 0 N–H and O–H groups in total. The molecule has 0 aromatic heterocycles. The van der Waals surface area contributed by atoms with Crippen LogP contribution in [0.3, 0.4) is 0 Å². The second-order valence-electron chi connectivity index (χ2n) is 19.8. The molecule has 0 aliphatic carbocycles. The molecule has 420 valence electrons. The summed E-state index contributed by atoms with van der Waals surface area (Å²) in [7, 11) is 0. The summed E-state index contributed by atoms with van der Waals surface area (Å²) in [5.41, 5.74) is 0. The molecule has 74 heavy (non-hydrogen) atoms. The van der Waals surface area contributed by atoms with Gasteiger partial charge in [0.25, 0.3) is 0 Å². The standard InChI is InChI=1S/C68H112O6/c1-4-7-10-13-16-19-22-24-26-28-29-30-31-32-33-34-35-36-37-38-39-41-42-44-46-49-52-55-58-61-67(70)73-64-65(63-72-66(69)60-57-54-51-48-21-18-15-12-9-6-3)74-68(71)62-59-56-53-50-47-45-43-40-27-25-23-20-17-14-11-8-5-2/h7-8,10-12,15-17,19-20,24-27,29-30,32-33,43,45,65H,4-6,9,13-14,18,21-23,28,31,34-42,44,46-64H2,1-3H3/b10-7-,11-8-,15-12-,19-16-,20-17-,26-24-,27-25-,30-29-,33-32-,45-43-.